The molecule has 0 aliphatic carbocycles. The number of methoxy groups -OCH3 is 1. The van der Waals surface area contributed by atoms with Crippen LogP contribution in [0.15, 0.2) is 53.5 Å². The van der Waals surface area contributed by atoms with Crippen molar-refractivity contribution in [3.63, 3.8) is 0 Å². The number of amides is 2. The third-order valence-corrected chi connectivity index (χ3v) is 6.63. The van der Waals surface area contributed by atoms with Gasteiger partial charge in [-0.1, -0.05) is 0 Å². The number of aryl methyl sites for hydroxylation is 1. The van der Waals surface area contributed by atoms with Gasteiger partial charge in [0, 0.05) is 55.4 Å². The number of benzene rings is 2. The number of nitrogens with one attached hydrogen (secondary N) is 1. The van der Waals surface area contributed by atoms with Gasteiger partial charge < -0.3 is 29.4 Å². The van der Waals surface area contributed by atoms with Crippen LogP contribution in [-0.4, -0.2) is 54.1 Å². The molecule has 1 saturated heterocycles. The fraction of sp³-hybridized carbons (Fsp3) is 0.321. The van der Waals surface area contributed by atoms with E-state index in [1.54, 1.807) is 13.0 Å². The first kappa shape index (κ1) is 28.7. The maximum absolute atomic E-state index is 15.2. The van der Waals surface area contributed by atoms with Gasteiger partial charge in [0.15, 0.2) is 0 Å². The van der Waals surface area contributed by atoms with Gasteiger partial charge in [0.2, 0.25) is 12.3 Å². The van der Waals surface area contributed by atoms with Crippen molar-refractivity contribution >= 4 is 17.5 Å². The summed E-state index contributed by atoms with van der Waals surface area (Å²) >= 11 is 0. The highest BCUT2D eigenvalue weighted by atomic mass is 19.1. The fourth-order valence-corrected chi connectivity index (χ4v) is 4.75. The van der Waals surface area contributed by atoms with Crippen LogP contribution < -0.4 is 25.2 Å². The summed E-state index contributed by atoms with van der Waals surface area (Å²) in [6, 6.07) is 7.50. The summed E-state index contributed by atoms with van der Waals surface area (Å²) in [6.45, 7) is 2.13. The number of aromatic nitrogens is 1. The number of hydrogen-bond donors (Lipinski definition) is 2. The number of ether oxygens (including phenoxy) is 2. The molecule has 0 bridgehead atoms. The molecule has 3 aromatic rings. The second-order valence-corrected chi connectivity index (χ2v) is 9.27. The monoisotopic (exact) mass is 559 g/mol. The molecule has 9 nitrogen and oxygen atoms in total. The molecule has 2 aromatic carbocycles. The van der Waals surface area contributed by atoms with Gasteiger partial charge in [0.1, 0.15) is 34.9 Å². The number of carbonyl (C=O) groups excluding carboxylic acids is 2. The van der Waals surface area contributed by atoms with E-state index in [-0.39, 0.29) is 42.4 Å². The summed E-state index contributed by atoms with van der Waals surface area (Å²) in [7, 11) is 1.25. The standard InChI is InChI=1S/C28H28F3N3O6/c1-15-8-9-33(10-11-35)28(38)25(15)34-14-20(23-21(30)12-19(39-3)13-22(23)31)24(27(34)37)32-26(36)17-4-6-18(7-5-17)40-16(2)29/h4-9,12-13,16,20,24,35H,10-11,14H2,1-3H3,(H,32,36)/t16?,20-,24-/m0/s1. The normalized spacial score (nSPS) is 17.6. The Bertz CT molecular complexity index is 1450. The van der Waals surface area contributed by atoms with Crippen molar-refractivity contribution in [3.8, 4) is 11.5 Å². The lowest BCUT2D eigenvalue weighted by Crippen LogP contribution is -2.45. The number of alkyl halides is 1. The van der Waals surface area contributed by atoms with Crippen molar-refractivity contribution in [1.29, 1.82) is 0 Å². The number of carbonyl (C=O) groups is 2. The lowest BCUT2D eigenvalue weighted by Gasteiger charge is -2.20. The molecule has 12 heteroatoms. The van der Waals surface area contributed by atoms with Gasteiger partial charge in [-0.25, -0.2) is 13.2 Å². The number of aliphatic hydroxyl groups is 1. The third-order valence-electron chi connectivity index (χ3n) is 6.63. The number of hydrogen-bond acceptors (Lipinski definition) is 6. The number of nitrogens with zero attached hydrogens (tertiary/aromatic N) is 2. The second-order valence-electron chi connectivity index (χ2n) is 9.27. The third kappa shape index (κ3) is 5.67. The Morgan fingerprint density at radius 2 is 1.77 bits per heavy atom. The van der Waals surface area contributed by atoms with Crippen molar-refractivity contribution in [3.05, 3.63) is 87.3 Å². The zero-order valence-electron chi connectivity index (χ0n) is 22.0. The van der Waals surface area contributed by atoms with Crippen LogP contribution in [0.2, 0.25) is 0 Å². The number of anilines is 1. The minimum Gasteiger partial charge on any atom is -0.497 e. The van der Waals surface area contributed by atoms with Gasteiger partial charge in [-0.15, -0.1) is 0 Å². The number of aliphatic hydroxyl groups excluding tert-OH is 1. The highest BCUT2D eigenvalue weighted by molar-refractivity contribution is 6.05. The molecule has 1 unspecified atom stereocenters. The minimum atomic E-state index is -1.57. The molecule has 1 aromatic heterocycles. The number of rotatable bonds is 9. The number of pyridine rings is 1. The summed E-state index contributed by atoms with van der Waals surface area (Å²) < 4.78 is 54.6. The zero-order valence-corrected chi connectivity index (χ0v) is 22.0. The van der Waals surface area contributed by atoms with Crippen LogP contribution in [0.5, 0.6) is 11.5 Å². The maximum Gasteiger partial charge on any atom is 0.274 e. The Balaban J connectivity index is 1.75. The smallest absolute Gasteiger partial charge is 0.274 e. The van der Waals surface area contributed by atoms with Gasteiger partial charge in [0.05, 0.1) is 13.7 Å². The van der Waals surface area contributed by atoms with E-state index in [1.807, 2.05) is 0 Å². The zero-order chi connectivity index (χ0) is 29.1. The van der Waals surface area contributed by atoms with Crippen molar-refractivity contribution in [1.82, 2.24) is 9.88 Å². The SMILES string of the molecule is COc1cc(F)c([C@@H]2CN(c3c(C)ccn(CCO)c3=O)C(=O)[C@H]2NC(=O)c2ccc(OC(C)F)cc2)c(F)c1. The van der Waals surface area contributed by atoms with Crippen LogP contribution >= 0.6 is 0 Å². The van der Waals surface area contributed by atoms with Gasteiger partial charge >= 0.3 is 0 Å². The van der Waals surface area contributed by atoms with Crippen LogP contribution in [0.4, 0.5) is 18.9 Å². The summed E-state index contributed by atoms with van der Waals surface area (Å²) in [5.41, 5.74) is -0.556. The lowest BCUT2D eigenvalue weighted by molar-refractivity contribution is -0.118. The fourth-order valence-electron chi connectivity index (χ4n) is 4.75. The quantitative estimate of drug-likeness (QED) is 0.417. The van der Waals surface area contributed by atoms with Crippen LogP contribution in [-0.2, 0) is 11.3 Å². The predicted molar refractivity (Wildman–Crippen MR) is 139 cm³/mol. The van der Waals surface area contributed by atoms with Crippen molar-refractivity contribution < 1.29 is 37.3 Å². The van der Waals surface area contributed by atoms with E-state index in [1.165, 1.54) is 49.1 Å². The van der Waals surface area contributed by atoms with Gasteiger partial charge in [-0.05, 0) is 42.8 Å². The minimum absolute atomic E-state index is 0.0274. The summed E-state index contributed by atoms with van der Waals surface area (Å²) in [5.74, 6) is -4.57. The molecule has 40 heavy (non-hydrogen) atoms. The van der Waals surface area contributed by atoms with Crippen molar-refractivity contribution in [2.24, 2.45) is 0 Å². The van der Waals surface area contributed by atoms with E-state index in [0.29, 0.717) is 5.56 Å². The first-order valence-electron chi connectivity index (χ1n) is 12.4. The van der Waals surface area contributed by atoms with E-state index in [2.05, 4.69) is 5.32 Å². The molecule has 0 radical (unpaired) electrons. The summed E-state index contributed by atoms with van der Waals surface area (Å²) in [4.78, 5) is 41.2. The average molecular weight is 560 g/mol. The lowest BCUT2D eigenvalue weighted by atomic mass is 9.92. The average Bonchev–Trinajstić information content (AvgIpc) is 3.20. The van der Waals surface area contributed by atoms with Gasteiger partial charge in [-0.2, -0.15) is 0 Å². The van der Waals surface area contributed by atoms with Crippen LogP contribution in [0.3, 0.4) is 0 Å². The van der Waals surface area contributed by atoms with Crippen molar-refractivity contribution in [2.75, 3.05) is 25.2 Å². The van der Waals surface area contributed by atoms with E-state index in [4.69, 9.17) is 9.47 Å². The van der Waals surface area contributed by atoms with Crippen LogP contribution in [0, 0.1) is 18.6 Å². The largest absolute Gasteiger partial charge is 0.497 e. The van der Waals surface area contributed by atoms with E-state index >= 15 is 8.78 Å². The molecular weight excluding hydrogens is 531 g/mol. The van der Waals surface area contributed by atoms with Crippen LogP contribution in [0.25, 0.3) is 0 Å². The molecule has 1 aliphatic heterocycles. The highest BCUT2D eigenvalue weighted by Crippen LogP contribution is 2.36. The first-order chi connectivity index (χ1) is 19.0. The predicted octanol–water partition coefficient (Wildman–Crippen LogP) is 3.06. The topological polar surface area (TPSA) is 110 Å². The molecule has 2 N–H and O–H groups in total. The van der Waals surface area contributed by atoms with E-state index in [9.17, 15) is 23.9 Å². The molecule has 212 valence electrons. The molecule has 1 fully saturated rings. The Morgan fingerprint density at radius 3 is 2.35 bits per heavy atom. The molecule has 1 aliphatic rings. The van der Waals surface area contributed by atoms with Gasteiger partial charge in [-0.3, -0.25) is 14.4 Å². The Kier molecular flexibility index (Phi) is 8.48. The van der Waals surface area contributed by atoms with Crippen LogP contribution in [0.1, 0.15) is 34.3 Å². The molecule has 3 atom stereocenters. The second kappa shape index (κ2) is 11.8. The Morgan fingerprint density at radius 1 is 1.12 bits per heavy atom. The molecule has 4 rings (SSSR count). The molecule has 0 saturated carbocycles. The molecule has 0 spiro atoms. The van der Waals surface area contributed by atoms with Gasteiger partial charge in [0.25, 0.3) is 11.5 Å². The molecular formula is C28H28F3N3O6. The highest BCUT2D eigenvalue weighted by Gasteiger charge is 2.46. The van der Waals surface area contributed by atoms with E-state index < -0.39 is 52.9 Å². The first-order valence-corrected chi connectivity index (χ1v) is 12.4. The summed E-state index contributed by atoms with van der Waals surface area (Å²) in [6.07, 6.45) is -0.102. The summed E-state index contributed by atoms with van der Waals surface area (Å²) in [5, 5.41) is 11.9. The molecule has 2 heterocycles. The maximum atomic E-state index is 15.2. The van der Waals surface area contributed by atoms with Crippen molar-refractivity contribution in [2.45, 2.75) is 38.7 Å². The number of halogens is 3. The Labute approximate surface area is 227 Å². The Hall–Kier alpha value is -4.32. The van der Waals surface area contributed by atoms with E-state index in [0.717, 1.165) is 17.0 Å². The molecule has 2 amide bonds.